The summed E-state index contributed by atoms with van der Waals surface area (Å²) in [5.74, 6) is -0.0117. The Bertz CT molecular complexity index is 1050. The molecule has 31 heavy (non-hydrogen) atoms. The molecule has 0 saturated carbocycles. The highest BCUT2D eigenvalue weighted by atomic mass is 32.2. The second kappa shape index (κ2) is 9.79. The molecule has 0 unspecified atom stereocenters. The van der Waals surface area contributed by atoms with Gasteiger partial charge in [-0.2, -0.15) is 0 Å². The third kappa shape index (κ3) is 4.97. The topological polar surface area (TPSA) is 53.5 Å². The minimum atomic E-state index is -0.0362. The molecule has 0 N–H and O–H groups in total. The third-order valence-corrected chi connectivity index (χ3v) is 6.45. The predicted octanol–water partition coefficient (Wildman–Crippen LogP) is 4.39. The van der Waals surface area contributed by atoms with Gasteiger partial charge in [0.1, 0.15) is 5.03 Å². The quantitative estimate of drug-likeness (QED) is 0.601. The number of benzene rings is 2. The fraction of sp³-hybridized carbons (Fsp3) is 0.240. The van der Waals surface area contributed by atoms with Gasteiger partial charge in [-0.05, 0) is 48.4 Å². The number of carbonyl (C=O) groups is 2. The molecule has 5 nitrogen and oxygen atoms in total. The van der Waals surface area contributed by atoms with Gasteiger partial charge in [0.2, 0.25) is 0 Å². The molecule has 1 aromatic heterocycles. The molecule has 6 heteroatoms. The van der Waals surface area contributed by atoms with E-state index in [1.165, 1.54) is 17.3 Å². The summed E-state index contributed by atoms with van der Waals surface area (Å²) in [4.78, 5) is 35.1. The van der Waals surface area contributed by atoms with Crippen LogP contribution in [0.1, 0.15) is 33.2 Å². The zero-order valence-corrected chi connectivity index (χ0v) is 18.3. The van der Waals surface area contributed by atoms with Gasteiger partial charge >= 0.3 is 0 Å². The molecule has 4 rings (SSSR count). The average molecular weight is 432 g/mol. The smallest absolute Gasteiger partial charge is 0.256 e. The van der Waals surface area contributed by atoms with Gasteiger partial charge in [-0.15, -0.1) is 0 Å². The minimum absolute atomic E-state index is 0.0245. The molecule has 0 aliphatic carbocycles. The summed E-state index contributed by atoms with van der Waals surface area (Å²) in [5.41, 5.74) is 2.52. The molecule has 0 radical (unpaired) electrons. The van der Waals surface area contributed by atoms with E-state index in [-0.39, 0.29) is 11.8 Å². The van der Waals surface area contributed by atoms with Crippen LogP contribution in [-0.4, -0.2) is 52.8 Å². The molecule has 1 fully saturated rings. The first-order chi connectivity index (χ1) is 15.2. The molecule has 3 aromatic rings. The number of aromatic nitrogens is 1. The van der Waals surface area contributed by atoms with E-state index in [2.05, 4.69) is 11.9 Å². The number of piperazine rings is 1. The molecule has 2 aromatic carbocycles. The summed E-state index contributed by atoms with van der Waals surface area (Å²) in [7, 11) is 0. The van der Waals surface area contributed by atoms with Gasteiger partial charge in [0.25, 0.3) is 11.8 Å². The molecule has 2 amide bonds. The number of aryl methyl sites for hydroxylation is 1. The normalized spacial score (nSPS) is 13.8. The largest absolute Gasteiger partial charge is 0.335 e. The summed E-state index contributed by atoms with van der Waals surface area (Å²) < 4.78 is 0. The van der Waals surface area contributed by atoms with E-state index in [9.17, 15) is 9.59 Å². The fourth-order valence-electron chi connectivity index (χ4n) is 3.58. The van der Waals surface area contributed by atoms with Gasteiger partial charge in [-0.3, -0.25) is 9.59 Å². The Labute approximate surface area is 187 Å². The zero-order valence-electron chi connectivity index (χ0n) is 17.5. The van der Waals surface area contributed by atoms with Crippen LogP contribution in [-0.2, 0) is 6.42 Å². The van der Waals surface area contributed by atoms with Crippen molar-refractivity contribution in [1.82, 2.24) is 14.8 Å². The van der Waals surface area contributed by atoms with Gasteiger partial charge in [-0.1, -0.05) is 49.0 Å². The van der Waals surface area contributed by atoms with E-state index in [0.29, 0.717) is 42.3 Å². The summed E-state index contributed by atoms with van der Waals surface area (Å²) in [6.45, 7) is 4.19. The summed E-state index contributed by atoms with van der Waals surface area (Å²) in [6.07, 6.45) is 2.66. The van der Waals surface area contributed by atoms with Crippen LogP contribution in [0.15, 0.2) is 82.8 Å². The lowest BCUT2D eigenvalue weighted by Crippen LogP contribution is -2.50. The Hall–Kier alpha value is -3.12. The second-order valence-corrected chi connectivity index (χ2v) is 8.47. The molecule has 158 valence electrons. The van der Waals surface area contributed by atoms with E-state index in [0.717, 1.165) is 11.3 Å². The molecule has 1 aliphatic rings. The van der Waals surface area contributed by atoms with Crippen molar-refractivity contribution in [2.45, 2.75) is 23.3 Å². The van der Waals surface area contributed by atoms with Crippen LogP contribution in [0.4, 0.5) is 0 Å². The lowest BCUT2D eigenvalue weighted by atomic mass is 10.1. The maximum Gasteiger partial charge on any atom is 0.256 e. The highest BCUT2D eigenvalue weighted by Gasteiger charge is 2.27. The Morgan fingerprint density at radius 3 is 2.13 bits per heavy atom. The monoisotopic (exact) mass is 431 g/mol. The summed E-state index contributed by atoms with van der Waals surface area (Å²) in [6, 6.07) is 21.3. The maximum absolute atomic E-state index is 13.2. The van der Waals surface area contributed by atoms with Crippen molar-refractivity contribution < 1.29 is 9.59 Å². The van der Waals surface area contributed by atoms with Crippen LogP contribution in [0.5, 0.6) is 0 Å². The van der Waals surface area contributed by atoms with Crippen molar-refractivity contribution in [3.63, 3.8) is 0 Å². The number of nitrogens with zero attached hydrogens (tertiary/aromatic N) is 3. The van der Waals surface area contributed by atoms with Gasteiger partial charge in [-0.25, -0.2) is 4.98 Å². The molecular formula is C25H25N3O2S. The molecule has 0 bridgehead atoms. The number of carbonyl (C=O) groups excluding carboxylic acids is 2. The Balaban J connectivity index is 1.41. The number of hydrogen-bond acceptors (Lipinski definition) is 4. The predicted molar refractivity (Wildman–Crippen MR) is 122 cm³/mol. The molecule has 0 spiro atoms. The first-order valence-electron chi connectivity index (χ1n) is 10.5. The fourth-order valence-corrected chi connectivity index (χ4v) is 4.48. The van der Waals surface area contributed by atoms with Crippen LogP contribution in [0.25, 0.3) is 0 Å². The van der Waals surface area contributed by atoms with Crippen molar-refractivity contribution >= 4 is 23.6 Å². The van der Waals surface area contributed by atoms with Crippen molar-refractivity contribution in [2.75, 3.05) is 26.2 Å². The average Bonchev–Trinajstić information content (AvgIpc) is 2.84. The number of hydrogen-bond donors (Lipinski definition) is 0. The van der Waals surface area contributed by atoms with Crippen molar-refractivity contribution in [3.8, 4) is 0 Å². The van der Waals surface area contributed by atoms with Gasteiger partial charge < -0.3 is 9.80 Å². The van der Waals surface area contributed by atoms with E-state index in [1.807, 2.05) is 70.5 Å². The van der Waals surface area contributed by atoms with Gasteiger partial charge in [0.05, 0.1) is 5.56 Å². The SMILES string of the molecule is CCc1ccc(C(=O)N2CCN(C(=O)c3cccnc3Sc3ccccc3)CC2)cc1. The molecule has 0 atom stereocenters. The summed E-state index contributed by atoms with van der Waals surface area (Å²) >= 11 is 1.49. The highest BCUT2D eigenvalue weighted by molar-refractivity contribution is 7.99. The second-order valence-electron chi connectivity index (χ2n) is 7.41. The molecule has 1 aliphatic heterocycles. The molecular weight excluding hydrogens is 406 g/mol. The van der Waals surface area contributed by atoms with Crippen LogP contribution >= 0.6 is 11.8 Å². The Morgan fingerprint density at radius 1 is 0.839 bits per heavy atom. The zero-order chi connectivity index (χ0) is 21.6. The lowest BCUT2D eigenvalue weighted by Gasteiger charge is -2.35. The van der Waals surface area contributed by atoms with Crippen molar-refractivity contribution in [3.05, 3.63) is 89.6 Å². The van der Waals surface area contributed by atoms with Gasteiger partial charge in [0.15, 0.2) is 0 Å². The number of rotatable bonds is 5. The Morgan fingerprint density at radius 2 is 1.48 bits per heavy atom. The minimum Gasteiger partial charge on any atom is -0.335 e. The van der Waals surface area contributed by atoms with E-state index >= 15 is 0 Å². The molecule has 1 saturated heterocycles. The summed E-state index contributed by atoms with van der Waals surface area (Å²) in [5, 5.41) is 0.702. The first kappa shape index (κ1) is 21.1. The highest BCUT2D eigenvalue weighted by Crippen LogP contribution is 2.29. The third-order valence-electron chi connectivity index (χ3n) is 5.42. The van der Waals surface area contributed by atoms with Crippen molar-refractivity contribution in [1.29, 1.82) is 0 Å². The number of pyridine rings is 1. The van der Waals surface area contributed by atoms with E-state index in [1.54, 1.807) is 12.3 Å². The van der Waals surface area contributed by atoms with Crippen LogP contribution in [0.3, 0.4) is 0 Å². The maximum atomic E-state index is 13.2. The van der Waals surface area contributed by atoms with Crippen LogP contribution < -0.4 is 0 Å². The van der Waals surface area contributed by atoms with Gasteiger partial charge in [0, 0.05) is 42.8 Å². The first-order valence-corrected chi connectivity index (χ1v) is 11.3. The standard InChI is InChI=1S/C25H25N3O2S/c1-2-19-10-12-20(13-11-19)24(29)27-15-17-28(18-16-27)25(30)22-9-6-14-26-23(22)31-21-7-4-3-5-8-21/h3-14H,2,15-18H2,1H3. The number of amides is 2. The lowest BCUT2D eigenvalue weighted by molar-refractivity contribution is 0.0533. The van der Waals surface area contributed by atoms with Crippen molar-refractivity contribution in [2.24, 2.45) is 0 Å². The van der Waals surface area contributed by atoms with Crippen LogP contribution in [0, 0.1) is 0 Å². The Kier molecular flexibility index (Phi) is 6.67. The van der Waals surface area contributed by atoms with E-state index in [4.69, 9.17) is 0 Å². The van der Waals surface area contributed by atoms with Crippen LogP contribution in [0.2, 0.25) is 0 Å². The molecule has 2 heterocycles. The van der Waals surface area contributed by atoms with E-state index < -0.39 is 0 Å².